The number of nitrogens with one attached hydrogen (secondary N) is 5. The number of carboxylic acid groups (broad SMARTS) is 2. The molecule has 5 atom stereocenters. The molecule has 0 aliphatic heterocycles. The first-order valence-corrected chi connectivity index (χ1v) is 16.1. The molecule has 16 nitrogen and oxygen atoms in total. The summed E-state index contributed by atoms with van der Waals surface area (Å²) in [6.45, 7) is 8.16. The van der Waals surface area contributed by atoms with Crippen molar-refractivity contribution in [3.05, 3.63) is 34.9 Å². The molecule has 6 amide bonds. The Balaban J connectivity index is 3.21. The van der Waals surface area contributed by atoms with E-state index < -0.39 is 84.0 Å². The van der Waals surface area contributed by atoms with Gasteiger partial charge in [0.05, 0.1) is 6.42 Å². The fraction of sp³-hybridized carbons (Fsp3) is 0.562. The molecule has 1 aromatic rings. The number of carbonyl (C=O) groups excluding carboxylic acids is 6. The first kappa shape index (κ1) is 42.3. The molecule has 0 unspecified atom stereocenters. The number of amides is 6. The van der Waals surface area contributed by atoms with Crippen LogP contribution in [0.5, 0.6) is 0 Å². The molecule has 0 spiro atoms. The summed E-state index contributed by atoms with van der Waals surface area (Å²) in [4.78, 5) is 99.9. The van der Waals surface area contributed by atoms with Crippen LogP contribution in [0, 0.1) is 11.8 Å². The molecule has 0 aromatic heterocycles. The van der Waals surface area contributed by atoms with Gasteiger partial charge in [-0.25, -0.2) is 4.79 Å². The Morgan fingerprint density at radius 1 is 0.673 bits per heavy atom. The SMILES string of the molecule is CC(=O)N[C@@H](CCC(N)=O)C(=O)N[C@@H](CC(C)C)C(=O)N[C@@H](CC(=O)O)C(=O)N[C@@H](CC(C)C)C(=O)N[C@@H](Cc1ccc(Cl)cc1)C(=O)O. The van der Waals surface area contributed by atoms with Gasteiger partial charge in [-0.3, -0.25) is 33.6 Å². The second-order valence-electron chi connectivity index (χ2n) is 12.5. The van der Waals surface area contributed by atoms with Crippen LogP contribution in [0.2, 0.25) is 5.02 Å². The Morgan fingerprint density at radius 2 is 1.10 bits per heavy atom. The Morgan fingerprint density at radius 3 is 1.51 bits per heavy atom. The fourth-order valence-electron chi connectivity index (χ4n) is 4.74. The molecule has 0 aliphatic carbocycles. The summed E-state index contributed by atoms with van der Waals surface area (Å²) in [6, 6.07) is -0.542. The van der Waals surface area contributed by atoms with Crippen molar-refractivity contribution < 1.29 is 48.6 Å². The Bertz CT molecular complexity index is 1350. The van der Waals surface area contributed by atoms with Crippen molar-refractivity contribution in [1.29, 1.82) is 0 Å². The Labute approximate surface area is 289 Å². The lowest BCUT2D eigenvalue weighted by molar-refractivity contribution is -0.143. The van der Waals surface area contributed by atoms with Crippen molar-refractivity contribution in [3.63, 3.8) is 0 Å². The molecule has 0 bridgehead atoms. The molecule has 0 radical (unpaired) electrons. The molecule has 272 valence electrons. The van der Waals surface area contributed by atoms with E-state index in [0.717, 1.165) is 6.92 Å². The number of hydrogen-bond acceptors (Lipinski definition) is 8. The van der Waals surface area contributed by atoms with Gasteiger partial charge in [-0.1, -0.05) is 51.4 Å². The molecule has 1 rings (SSSR count). The minimum Gasteiger partial charge on any atom is -0.481 e. The first-order chi connectivity index (χ1) is 22.8. The Kier molecular flexibility index (Phi) is 17.8. The van der Waals surface area contributed by atoms with Crippen LogP contribution in [0.15, 0.2) is 24.3 Å². The van der Waals surface area contributed by atoms with E-state index >= 15 is 0 Å². The maximum absolute atomic E-state index is 13.4. The van der Waals surface area contributed by atoms with Crippen molar-refractivity contribution >= 4 is 59.0 Å². The number of nitrogens with two attached hydrogens (primary N) is 1. The van der Waals surface area contributed by atoms with Crippen LogP contribution >= 0.6 is 11.6 Å². The van der Waals surface area contributed by atoms with E-state index in [-0.39, 0.29) is 43.9 Å². The van der Waals surface area contributed by atoms with Crippen molar-refractivity contribution in [2.24, 2.45) is 17.6 Å². The van der Waals surface area contributed by atoms with E-state index in [9.17, 15) is 48.6 Å². The highest BCUT2D eigenvalue weighted by molar-refractivity contribution is 6.30. The van der Waals surface area contributed by atoms with Crippen molar-refractivity contribution in [1.82, 2.24) is 26.6 Å². The molecule has 0 saturated heterocycles. The zero-order valence-corrected chi connectivity index (χ0v) is 29.0. The lowest BCUT2D eigenvalue weighted by Crippen LogP contribution is -2.59. The predicted molar refractivity (Wildman–Crippen MR) is 178 cm³/mol. The summed E-state index contributed by atoms with van der Waals surface area (Å²) in [5.74, 6) is -8.04. The van der Waals surface area contributed by atoms with Crippen molar-refractivity contribution in [2.75, 3.05) is 0 Å². The zero-order chi connectivity index (χ0) is 37.4. The summed E-state index contributed by atoms with van der Waals surface area (Å²) in [5.41, 5.74) is 5.75. The molecular weight excluding hydrogens is 664 g/mol. The smallest absolute Gasteiger partial charge is 0.326 e. The topological polar surface area (TPSA) is 263 Å². The molecule has 0 fully saturated rings. The monoisotopic (exact) mass is 710 g/mol. The van der Waals surface area contributed by atoms with Crippen molar-refractivity contribution in [3.8, 4) is 0 Å². The third-order valence-electron chi connectivity index (χ3n) is 7.03. The molecule has 0 saturated carbocycles. The van der Waals surface area contributed by atoms with Crippen molar-refractivity contribution in [2.45, 2.75) is 103 Å². The van der Waals surface area contributed by atoms with Gasteiger partial charge in [0.15, 0.2) is 0 Å². The maximum atomic E-state index is 13.4. The quantitative estimate of drug-likeness (QED) is 0.0862. The van der Waals surface area contributed by atoms with E-state index in [1.165, 1.54) is 0 Å². The molecular formula is C32H47ClN6O10. The molecule has 49 heavy (non-hydrogen) atoms. The molecule has 0 aliphatic rings. The van der Waals surface area contributed by atoms with Gasteiger partial charge in [0, 0.05) is 24.8 Å². The van der Waals surface area contributed by atoms with Crippen LogP contribution in [0.25, 0.3) is 0 Å². The van der Waals surface area contributed by atoms with Gasteiger partial charge in [0.25, 0.3) is 0 Å². The second-order valence-corrected chi connectivity index (χ2v) is 13.0. The summed E-state index contributed by atoms with van der Waals surface area (Å²) in [7, 11) is 0. The number of carboxylic acids is 2. The second kappa shape index (κ2) is 20.6. The van der Waals surface area contributed by atoms with Crippen LogP contribution in [-0.2, 0) is 44.8 Å². The fourth-order valence-corrected chi connectivity index (χ4v) is 4.86. The third-order valence-corrected chi connectivity index (χ3v) is 7.28. The minimum atomic E-state index is -1.70. The minimum absolute atomic E-state index is 0.0421. The van der Waals surface area contributed by atoms with Crippen LogP contribution < -0.4 is 32.3 Å². The number of aliphatic carboxylic acids is 2. The van der Waals surface area contributed by atoms with E-state index in [1.807, 2.05) is 0 Å². The van der Waals surface area contributed by atoms with Gasteiger partial charge in [0.1, 0.15) is 30.2 Å². The maximum Gasteiger partial charge on any atom is 0.326 e. The number of halogens is 1. The number of rotatable bonds is 21. The van der Waals surface area contributed by atoms with Gasteiger partial charge in [-0.2, -0.15) is 0 Å². The standard InChI is InChI=1S/C32H47ClN6O10/c1-16(2)12-22(36-28(44)21(35-18(5)40)10-11-26(34)41)29(45)38-24(15-27(42)43)31(47)37-23(13-17(3)4)30(46)39-25(32(48)49)14-19-6-8-20(33)9-7-19/h6-9,16-17,21-25H,10-15H2,1-5H3,(H2,34,41)(H,35,40)(H,36,44)(H,37,47)(H,38,45)(H,39,46)(H,42,43)(H,48,49)/t21-,22-,23-,24-,25-/m0/s1. The number of carbonyl (C=O) groups is 8. The third kappa shape index (κ3) is 16.8. The average molecular weight is 711 g/mol. The first-order valence-electron chi connectivity index (χ1n) is 15.7. The summed E-state index contributed by atoms with van der Waals surface area (Å²) in [6.07, 6.45) is -1.28. The van der Waals surface area contributed by atoms with E-state index in [4.69, 9.17) is 17.3 Å². The largest absolute Gasteiger partial charge is 0.481 e. The highest BCUT2D eigenvalue weighted by atomic mass is 35.5. The molecule has 0 heterocycles. The van der Waals surface area contributed by atoms with E-state index in [2.05, 4.69) is 26.6 Å². The van der Waals surface area contributed by atoms with E-state index in [1.54, 1.807) is 52.0 Å². The number of hydrogen-bond donors (Lipinski definition) is 8. The van der Waals surface area contributed by atoms with Crippen LogP contribution in [0.1, 0.15) is 72.3 Å². The Hall–Kier alpha value is -4.73. The summed E-state index contributed by atoms with van der Waals surface area (Å²) in [5, 5.41) is 31.8. The highest BCUT2D eigenvalue weighted by Crippen LogP contribution is 2.13. The van der Waals surface area contributed by atoms with Gasteiger partial charge in [-0.15, -0.1) is 0 Å². The molecule has 1 aromatic carbocycles. The predicted octanol–water partition coefficient (Wildman–Crippen LogP) is 0.243. The zero-order valence-electron chi connectivity index (χ0n) is 28.2. The van der Waals surface area contributed by atoms with Gasteiger partial charge in [-0.05, 0) is 48.8 Å². The average Bonchev–Trinajstić information content (AvgIpc) is 2.97. The highest BCUT2D eigenvalue weighted by Gasteiger charge is 2.34. The van der Waals surface area contributed by atoms with Crippen LogP contribution in [-0.4, -0.2) is 87.8 Å². The molecule has 9 N–H and O–H groups in total. The van der Waals surface area contributed by atoms with E-state index in [0.29, 0.717) is 10.6 Å². The summed E-state index contributed by atoms with van der Waals surface area (Å²) >= 11 is 5.90. The summed E-state index contributed by atoms with van der Waals surface area (Å²) < 4.78 is 0. The lowest BCUT2D eigenvalue weighted by atomic mass is 10.00. The number of primary amides is 1. The lowest BCUT2D eigenvalue weighted by Gasteiger charge is -2.27. The molecule has 17 heteroatoms. The van der Waals surface area contributed by atoms with Gasteiger partial charge in [0.2, 0.25) is 35.4 Å². The van der Waals surface area contributed by atoms with Gasteiger partial charge >= 0.3 is 11.9 Å². The van der Waals surface area contributed by atoms with Gasteiger partial charge < -0.3 is 42.5 Å². The number of benzene rings is 1. The van der Waals surface area contributed by atoms with Crippen LogP contribution in [0.4, 0.5) is 0 Å². The van der Waals surface area contributed by atoms with Crippen LogP contribution in [0.3, 0.4) is 0 Å². The normalized spacial score (nSPS) is 14.0.